The van der Waals surface area contributed by atoms with Crippen LogP contribution in [0.15, 0.2) is 30.3 Å². The van der Waals surface area contributed by atoms with Crippen LogP contribution in [0.4, 0.5) is 0 Å². The standard InChI is InChI=1S/C14H19NO2/c16-10-4-7-14(17)15-9-8-13(11-15)12-5-2-1-3-6-12/h1-3,5-6,13,16H,4,7-11H2. The lowest BCUT2D eigenvalue weighted by Gasteiger charge is -2.16. The molecule has 1 unspecified atom stereocenters. The number of nitrogens with zero attached hydrogens (tertiary/aromatic N) is 1. The van der Waals surface area contributed by atoms with Gasteiger partial charge >= 0.3 is 0 Å². The van der Waals surface area contributed by atoms with Crippen molar-refractivity contribution in [3.05, 3.63) is 35.9 Å². The fourth-order valence-electron chi connectivity index (χ4n) is 2.37. The molecule has 1 aliphatic heterocycles. The Balaban J connectivity index is 1.89. The summed E-state index contributed by atoms with van der Waals surface area (Å²) in [5.41, 5.74) is 1.32. The van der Waals surface area contributed by atoms with E-state index < -0.39 is 0 Å². The highest BCUT2D eigenvalue weighted by atomic mass is 16.3. The summed E-state index contributed by atoms with van der Waals surface area (Å²) in [5.74, 6) is 0.659. The predicted molar refractivity (Wildman–Crippen MR) is 66.7 cm³/mol. The van der Waals surface area contributed by atoms with Crippen LogP contribution in [0.5, 0.6) is 0 Å². The fourth-order valence-corrected chi connectivity index (χ4v) is 2.37. The topological polar surface area (TPSA) is 40.5 Å². The Morgan fingerprint density at radius 2 is 2.12 bits per heavy atom. The van der Waals surface area contributed by atoms with Gasteiger partial charge in [0.15, 0.2) is 0 Å². The van der Waals surface area contributed by atoms with Gasteiger partial charge in [0.25, 0.3) is 0 Å². The van der Waals surface area contributed by atoms with Crippen LogP contribution in [0.3, 0.4) is 0 Å². The third-order valence-electron chi connectivity index (χ3n) is 3.36. The predicted octanol–water partition coefficient (Wildman–Crippen LogP) is 1.78. The third kappa shape index (κ3) is 3.07. The molecule has 3 heteroatoms. The van der Waals surface area contributed by atoms with Gasteiger partial charge in [0, 0.05) is 32.0 Å². The average molecular weight is 233 g/mol. The van der Waals surface area contributed by atoms with E-state index in [0.29, 0.717) is 18.8 Å². The minimum atomic E-state index is 0.0989. The van der Waals surface area contributed by atoms with Crippen LogP contribution in [-0.4, -0.2) is 35.6 Å². The maximum absolute atomic E-state index is 11.8. The summed E-state index contributed by atoms with van der Waals surface area (Å²) in [5, 5.41) is 8.72. The van der Waals surface area contributed by atoms with Crippen LogP contribution in [0.2, 0.25) is 0 Å². The molecule has 1 fully saturated rings. The number of carbonyl (C=O) groups is 1. The number of hydrogen-bond acceptors (Lipinski definition) is 2. The van der Waals surface area contributed by atoms with Crippen molar-refractivity contribution in [2.45, 2.75) is 25.2 Å². The Kier molecular flexibility index (Phi) is 4.15. The summed E-state index contributed by atoms with van der Waals surface area (Å²) >= 11 is 0. The molecule has 1 aliphatic rings. The van der Waals surface area contributed by atoms with Gasteiger partial charge in [-0.05, 0) is 18.4 Å². The van der Waals surface area contributed by atoms with Crippen LogP contribution in [0.25, 0.3) is 0 Å². The monoisotopic (exact) mass is 233 g/mol. The summed E-state index contributed by atoms with van der Waals surface area (Å²) < 4.78 is 0. The molecule has 0 aromatic heterocycles. The molecule has 1 aromatic carbocycles. The van der Waals surface area contributed by atoms with Gasteiger partial charge in [-0.1, -0.05) is 30.3 Å². The van der Waals surface area contributed by atoms with E-state index in [1.165, 1.54) is 5.56 Å². The largest absolute Gasteiger partial charge is 0.396 e. The molecular weight excluding hydrogens is 214 g/mol. The van der Waals surface area contributed by atoms with E-state index in [2.05, 4.69) is 12.1 Å². The Morgan fingerprint density at radius 1 is 1.35 bits per heavy atom. The molecule has 0 spiro atoms. The van der Waals surface area contributed by atoms with Gasteiger partial charge in [0.2, 0.25) is 5.91 Å². The number of benzene rings is 1. The van der Waals surface area contributed by atoms with E-state index >= 15 is 0 Å². The fraction of sp³-hybridized carbons (Fsp3) is 0.500. The molecule has 1 amide bonds. The van der Waals surface area contributed by atoms with Gasteiger partial charge in [-0.25, -0.2) is 0 Å². The lowest BCUT2D eigenvalue weighted by molar-refractivity contribution is -0.130. The van der Waals surface area contributed by atoms with Crippen molar-refractivity contribution in [2.24, 2.45) is 0 Å². The Labute approximate surface area is 102 Å². The van der Waals surface area contributed by atoms with Gasteiger partial charge in [-0.2, -0.15) is 0 Å². The molecule has 1 heterocycles. The number of aliphatic hydroxyl groups is 1. The quantitative estimate of drug-likeness (QED) is 0.861. The van der Waals surface area contributed by atoms with E-state index in [9.17, 15) is 4.79 Å². The van der Waals surface area contributed by atoms with Crippen molar-refractivity contribution in [3.8, 4) is 0 Å². The van der Waals surface area contributed by atoms with Crippen molar-refractivity contribution in [3.63, 3.8) is 0 Å². The zero-order valence-corrected chi connectivity index (χ0v) is 10.0. The highest BCUT2D eigenvalue weighted by Gasteiger charge is 2.26. The van der Waals surface area contributed by atoms with Gasteiger partial charge in [-0.15, -0.1) is 0 Å². The Hall–Kier alpha value is -1.35. The SMILES string of the molecule is O=C(CCCO)N1CCC(c2ccccc2)C1. The van der Waals surface area contributed by atoms with E-state index in [-0.39, 0.29) is 12.5 Å². The first-order valence-corrected chi connectivity index (χ1v) is 6.25. The highest BCUT2D eigenvalue weighted by Crippen LogP contribution is 2.27. The number of aliphatic hydroxyl groups excluding tert-OH is 1. The molecule has 0 bridgehead atoms. The van der Waals surface area contributed by atoms with Crippen LogP contribution >= 0.6 is 0 Å². The van der Waals surface area contributed by atoms with Crippen LogP contribution < -0.4 is 0 Å². The second-order valence-electron chi connectivity index (χ2n) is 4.56. The molecule has 1 aromatic rings. The maximum Gasteiger partial charge on any atom is 0.222 e. The molecule has 92 valence electrons. The molecule has 1 N–H and O–H groups in total. The molecule has 0 saturated carbocycles. The summed E-state index contributed by atoms with van der Waals surface area (Å²) in [6.45, 7) is 1.78. The molecule has 0 aliphatic carbocycles. The first kappa shape index (κ1) is 12.1. The van der Waals surface area contributed by atoms with Crippen LogP contribution in [0.1, 0.15) is 30.7 Å². The Morgan fingerprint density at radius 3 is 2.82 bits per heavy atom. The minimum Gasteiger partial charge on any atom is -0.396 e. The minimum absolute atomic E-state index is 0.0989. The number of rotatable bonds is 4. The lowest BCUT2D eigenvalue weighted by Crippen LogP contribution is -2.28. The maximum atomic E-state index is 11.8. The van der Waals surface area contributed by atoms with E-state index in [0.717, 1.165) is 19.5 Å². The number of hydrogen-bond donors (Lipinski definition) is 1. The number of amides is 1. The van der Waals surface area contributed by atoms with Crippen molar-refractivity contribution in [1.82, 2.24) is 4.90 Å². The second-order valence-corrected chi connectivity index (χ2v) is 4.56. The molecule has 0 radical (unpaired) electrons. The Bertz CT molecular complexity index is 364. The van der Waals surface area contributed by atoms with Crippen molar-refractivity contribution >= 4 is 5.91 Å². The third-order valence-corrected chi connectivity index (χ3v) is 3.36. The summed E-state index contributed by atoms with van der Waals surface area (Å²) in [6, 6.07) is 10.4. The van der Waals surface area contributed by atoms with Crippen molar-refractivity contribution in [2.75, 3.05) is 19.7 Å². The first-order chi connectivity index (χ1) is 8.31. The van der Waals surface area contributed by atoms with Gasteiger partial charge in [0.05, 0.1) is 0 Å². The molecule has 3 nitrogen and oxygen atoms in total. The van der Waals surface area contributed by atoms with Crippen LogP contribution in [0, 0.1) is 0 Å². The summed E-state index contributed by atoms with van der Waals surface area (Å²) in [4.78, 5) is 13.7. The first-order valence-electron chi connectivity index (χ1n) is 6.25. The van der Waals surface area contributed by atoms with Crippen molar-refractivity contribution in [1.29, 1.82) is 0 Å². The highest BCUT2D eigenvalue weighted by molar-refractivity contribution is 5.76. The number of likely N-dealkylation sites (tertiary alicyclic amines) is 1. The summed E-state index contributed by atoms with van der Waals surface area (Å²) in [7, 11) is 0. The van der Waals surface area contributed by atoms with E-state index in [4.69, 9.17) is 5.11 Å². The molecule has 2 rings (SSSR count). The smallest absolute Gasteiger partial charge is 0.222 e. The number of carbonyl (C=O) groups excluding carboxylic acids is 1. The van der Waals surface area contributed by atoms with Gasteiger partial charge in [0.1, 0.15) is 0 Å². The molecule has 1 saturated heterocycles. The van der Waals surface area contributed by atoms with Gasteiger partial charge < -0.3 is 10.0 Å². The zero-order chi connectivity index (χ0) is 12.1. The second kappa shape index (κ2) is 5.82. The lowest BCUT2D eigenvalue weighted by atomic mass is 9.99. The van der Waals surface area contributed by atoms with E-state index in [1.807, 2.05) is 23.1 Å². The molecule has 1 atom stereocenters. The van der Waals surface area contributed by atoms with Gasteiger partial charge in [-0.3, -0.25) is 4.79 Å². The molecular formula is C14H19NO2. The molecule has 17 heavy (non-hydrogen) atoms. The van der Waals surface area contributed by atoms with E-state index in [1.54, 1.807) is 0 Å². The van der Waals surface area contributed by atoms with Crippen molar-refractivity contribution < 1.29 is 9.90 Å². The average Bonchev–Trinajstić information content (AvgIpc) is 2.86. The van der Waals surface area contributed by atoms with Crippen LogP contribution in [-0.2, 0) is 4.79 Å². The normalized spacial score (nSPS) is 19.6. The zero-order valence-electron chi connectivity index (χ0n) is 10.0. The summed E-state index contributed by atoms with van der Waals surface area (Å²) in [6.07, 6.45) is 2.10.